The van der Waals surface area contributed by atoms with Gasteiger partial charge in [-0.1, -0.05) is 44.2 Å². The fraction of sp³-hybridized carbons (Fsp3) is 0.483. The number of carbonyl (C=O) groups is 3. The van der Waals surface area contributed by atoms with Gasteiger partial charge in [-0.15, -0.1) is 0 Å². The molecule has 0 unspecified atom stereocenters. The molecule has 216 valence electrons. The standard InChI is InChI=1S/C29H35F2N3O5S/c1-17(2)13-24-27(35)32-25(20-14-18-5-3-4-6-19(18)15-20)28(36)34(24)26(22-8-7-21(30)16-23(22)31)29(37)33-9-11-40(38,39)12-10-33/h3-8,16-17,20,24-26,38-39H,9-15H2,1-2H3,(H,32,35)/t24-,25-,26-/m1/s1. The van der Waals surface area contributed by atoms with Gasteiger partial charge in [-0.2, -0.15) is 10.6 Å². The van der Waals surface area contributed by atoms with Crippen LogP contribution in [0.1, 0.15) is 43.0 Å². The summed E-state index contributed by atoms with van der Waals surface area (Å²) in [7, 11) is -2.83. The van der Waals surface area contributed by atoms with E-state index >= 15 is 4.39 Å². The van der Waals surface area contributed by atoms with Crippen LogP contribution in [0, 0.1) is 23.5 Å². The van der Waals surface area contributed by atoms with Gasteiger partial charge in [0.15, 0.2) is 0 Å². The molecule has 3 amide bonds. The van der Waals surface area contributed by atoms with Gasteiger partial charge in [0.05, 0.1) is 11.5 Å². The van der Waals surface area contributed by atoms with Crippen molar-refractivity contribution in [1.82, 2.24) is 15.1 Å². The third-order valence-electron chi connectivity index (χ3n) is 8.16. The van der Waals surface area contributed by atoms with Crippen molar-refractivity contribution in [3.8, 4) is 0 Å². The average Bonchev–Trinajstić information content (AvgIpc) is 3.32. The Bertz CT molecular complexity index is 1290. The van der Waals surface area contributed by atoms with Crippen LogP contribution in [0.2, 0.25) is 0 Å². The van der Waals surface area contributed by atoms with Crippen LogP contribution >= 0.6 is 10.6 Å². The predicted molar refractivity (Wildman–Crippen MR) is 148 cm³/mol. The minimum Gasteiger partial charge on any atom is -0.342 e. The zero-order valence-corrected chi connectivity index (χ0v) is 23.4. The molecule has 1 aliphatic carbocycles. The smallest absolute Gasteiger partial charge is 0.250 e. The number of fused-ring (bicyclic) bond motifs is 1. The van der Waals surface area contributed by atoms with Gasteiger partial charge in [-0.05, 0) is 48.3 Å². The molecule has 11 heteroatoms. The maximum Gasteiger partial charge on any atom is 0.250 e. The van der Waals surface area contributed by atoms with Crippen molar-refractivity contribution in [2.45, 2.75) is 51.2 Å². The van der Waals surface area contributed by atoms with Crippen LogP contribution in [0.3, 0.4) is 0 Å². The molecule has 2 fully saturated rings. The first-order chi connectivity index (χ1) is 18.9. The zero-order valence-electron chi connectivity index (χ0n) is 22.6. The molecular formula is C29H35F2N3O5S. The number of hydrogen-bond acceptors (Lipinski definition) is 5. The number of rotatable bonds is 6. The van der Waals surface area contributed by atoms with Crippen molar-refractivity contribution in [3.05, 3.63) is 70.8 Å². The molecule has 2 aromatic carbocycles. The maximum absolute atomic E-state index is 15.4. The maximum atomic E-state index is 15.4. The van der Waals surface area contributed by atoms with Gasteiger partial charge in [0, 0.05) is 24.7 Å². The summed E-state index contributed by atoms with van der Waals surface area (Å²) in [6.45, 7) is 3.79. The number of piperazine rings is 1. The third kappa shape index (κ3) is 5.59. The normalized spacial score (nSPS) is 24.6. The Balaban J connectivity index is 1.56. The van der Waals surface area contributed by atoms with Gasteiger partial charge in [-0.25, -0.2) is 8.78 Å². The zero-order chi connectivity index (χ0) is 28.8. The molecule has 3 atom stereocenters. The minimum absolute atomic E-state index is 0.00488. The second-order valence-electron chi connectivity index (χ2n) is 11.4. The van der Waals surface area contributed by atoms with E-state index in [4.69, 9.17) is 0 Å². The lowest BCUT2D eigenvalue weighted by molar-refractivity contribution is -0.160. The summed E-state index contributed by atoms with van der Waals surface area (Å²) < 4.78 is 49.5. The molecule has 3 N–H and O–H groups in total. The Morgan fingerprint density at radius 1 is 1.05 bits per heavy atom. The molecule has 0 radical (unpaired) electrons. The number of hydrogen-bond donors (Lipinski definition) is 3. The molecule has 0 spiro atoms. The van der Waals surface area contributed by atoms with Gasteiger partial charge in [0.1, 0.15) is 29.8 Å². The molecule has 0 bridgehead atoms. The third-order valence-corrected chi connectivity index (χ3v) is 9.84. The van der Waals surface area contributed by atoms with Gasteiger partial charge in [0.2, 0.25) is 17.7 Å². The van der Waals surface area contributed by atoms with E-state index in [0.717, 1.165) is 23.3 Å². The Kier molecular flexibility index (Phi) is 7.91. The summed E-state index contributed by atoms with van der Waals surface area (Å²) in [5, 5.41) is 2.92. The fourth-order valence-electron chi connectivity index (χ4n) is 6.12. The van der Waals surface area contributed by atoms with Crippen molar-refractivity contribution in [3.63, 3.8) is 0 Å². The van der Waals surface area contributed by atoms with E-state index < -0.39 is 58.1 Å². The lowest BCUT2D eigenvalue weighted by Gasteiger charge is -2.47. The van der Waals surface area contributed by atoms with E-state index in [1.165, 1.54) is 9.80 Å². The predicted octanol–water partition coefficient (Wildman–Crippen LogP) is 3.76. The average molecular weight is 576 g/mol. The summed E-state index contributed by atoms with van der Waals surface area (Å²) >= 11 is 0. The number of benzene rings is 2. The summed E-state index contributed by atoms with van der Waals surface area (Å²) in [6.07, 6.45) is 1.38. The first-order valence-electron chi connectivity index (χ1n) is 13.6. The van der Waals surface area contributed by atoms with Crippen molar-refractivity contribution in [2.24, 2.45) is 11.8 Å². The molecule has 40 heavy (non-hydrogen) atoms. The van der Waals surface area contributed by atoms with Crippen molar-refractivity contribution in [1.29, 1.82) is 0 Å². The van der Waals surface area contributed by atoms with Gasteiger partial charge in [-0.3, -0.25) is 23.5 Å². The van der Waals surface area contributed by atoms with Crippen LogP contribution in [-0.2, 0) is 27.2 Å². The number of halogens is 2. The monoisotopic (exact) mass is 575 g/mol. The van der Waals surface area contributed by atoms with Crippen LogP contribution in [0.25, 0.3) is 0 Å². The minimum atomic E-state index is -2.83. The molecule has 2 aliphatic heterocycles. The summed E-state index contributed by atoms with van der Waals surface area (Å²) in [5.41, 5.74) is 1.98. The molecule has 8 nitrogen and oxygen atoms in total. The number of nitrogens with zero attached hydrogens (tertiary/aromatic N) is 2. The summed E-state index contributed by atoms with van der Waals surface area (Å²) in [5.74, 6) is -3.70. The van der Waals surface area contributed by atoms with Crippen LogP contribution in [0.4, 0.5) is 8.78 Å². The van der Waals surface area contributed by atoms with E-state index in [1.807, 2.05) is 38.1 Å². The second-order valence-corrected chi connectivity index (χ2v) is 13.8. The van der Waals surface area contributed by atoms with Crippen LogP contribution in [0.15, 0.2) is 42.5 Å². The molecule has 2 saturated heterocycles. The molecule has 0 aromatic heterocycles. The molecule has 2 heterocycles. The Morgan fingerprint density at radius 3 is 2.25 bits per heavy atom. The number of carbonyl (C=O) groups excluding carboxylic acids is 3. The first kappa shape index (κ1) is 28.5. The number of nitrogens with one attached hydrogen (secondary N) is 1. The van der Waals surface area contributed by atoms with Crippen LogP contribution in [-0.4, -0.2) is 73.3 Å². The Morgan fingerprint density at radius 2 is 1.68 bits per heavy atom. The number of amides is 3. The Hall–Kier alpha value is -3.02. The molecule has 3 aliphatic rings. The quantitative estimate of drug-likeness (QED) is 0.486. The lowest BCUT2D eigenvalue weighted by Crippen LogP contribution is -2.67. The van der Waals surface area contributed by atoms with Crippen molar-refractivity contribution < 1.29 is 32.3 Å². The first-order valence-corrected chi connectivity index (χ1v) is 15.5. The van der Waals surface area contributed by atoms with Gasteiger partial charge in [0.25, 0.3) is 0 Å². The molecule has 2 aromatic rings. The Labute approximate surface area is 234 Å². The van der Waals surface area contributed by atoms with Crippen molar-refractivity contribution in [2.75, 3.05) is 24.6 Å². The lowest BCUT2D eigenvalue weighted by atomic mass is 9.87. The fourth-order valence-corrected chi connectivity index (χ4v) is 7.35. The topological polar surface area (TPSA) is 110 Å². The largest absolute Gasteiger partial charge is 0.342 e. The van der Waals surface area contributed by atoms with Gasteiger partial charge < -0.3 is 15.1 Å². The highest BCUT2D eigenvalue weighted by Gasteiger charge is 2.50. The van der Waals surface area contributed by atoms with E-state index in [-0.39, 0.29) is 48.4 Å². The van der Waals surface area contributed by atoms with E-state index in [1.54, 1.807) is 0 Å². The van der Waals surface area contributed by atoms with Crippen LogP contribution < -0.4 is 5.32 Å². The summed E-state index contributed by atoms with van der Waals surface area (Å²) in [4.78, 5) is 44.7. The van der Waals surface area contributed by atoms with Gasteiger partial charge >= 0.3 is 0 Å². The molecule has 5 rings (SSSR count). The molecule has 0 saturated carbocycles. The van der Waals surface area contributed by atoms with E-state index in [9.17, 15) is 27.9 Å². The second kappa shape index (κ2) is 11.1. The highest BCUT2D eigenvalue weighted by Crippen LogP contribution is 2.42. The van der Waals surface area contributed by atoms with E-state index in [2.05, 4.69) is 5.32 Å². The van der Waals surface area contributed by atoms with Crippen molar-refractivity contribution >= 4 is 28.3 Å². The molecular weight excluding hydrogens is 540 g/mol. The summed E-state index contributed by atoms with van der Waals surface area (Å²) in [6, 6.07) is 7.19. The SMILES string of the molecule is CC(C)C[C@@H]1C(=O)N[C@H](C2Cc3ccccc3C2)C(=O)N1[C@@H](C(=O)N1CCS(O)(O)CC1)c1ccc(F)cc1F. The van der Waals surface area contributed by atoms with Crippen LogP contribution in [0.5, 0.6) is 0 Å². The van der Waals surface area contributed by atoms with E-state index in [0.29, 0.717) is 18.9 Å². The highest BCUT2D eigenvalue weighted by molar-refractivity contribution is 8.24. The highest BCUT2D eigenvalue weighted by atomic mass is 32.3.